The van der Waals surface area contributed by atoms with Gasteiger partial charge in [-0.2, -0.15) is 13.2 Å². The number of unbranched alkanes of at least 4 members (excludes halogenated alkanes) is 1. The number of hydrogen-bond acceptors (Lipinski definition) is 3. The Morgan fingerprint density at radius 1 is 1.13 bits per heavy atom. The molecule has 2 N–H and O–H groups in total. The van der Waals surface area contributed by atoms with Gasteiger partial charge in [0.25, 0.3) is 5.91 Å². The summed E-state index contributed by atoms with van der Waals surface area (Å²) in [6.07, 6.45) is -1.55. The molecule has 0 saturated heterocycles. The maximum Gasteiger partial charge on any atom is 0.418 e. The highest BCUT2D eigenvalue weighted by Gasteiger charge is 2.35. The third-order valence-corrected chi connectivity index (χ3v) is 4.95. The van der Waals surface area contributed by atoms with E-state index in [4.69, 9.17) is 0 Å². The van der Waals surface area contributed by atoms with Gasteiger partial charge in [0.1, 0.15) is 5.82 Å². The van der Waals surface area contributed by atoms with Crippen molar-refractivity contribution in [3.63, 3.8) is 0 Å². The van der Waals surface area contributed by atoms with E-state index in [9.17, 15) is 22.4 Å². The molecule has 0 unspecified atom stereocenters. The molecule has 8 heteroatoms. The van der Waals surface area contributed by atoms with E-state index < -0.39 is 23.5 Å². The monoisotopic (exact) mass is 421 g/mol. The molecule has 1 aliphatic heterocycles. The molecule has 1 heterocycles. The van der Waals surface area contributed by atoms with E-state index in [0.29, 0.717) is 24.3 Å². The van der Waals surface area contributed by atoms with Gasteiger partial charge in [-0.1, -0.05) is 13.3 Å². The molecular weight excluding hydrogens is 398 g/mol. The first kappa shape index (κ1) is 21.7. The Kier molecular flexibility index (Phi) is 6.34. The van der Waals surface area contributed by atoms with Crippen molar-refractivity contribution in [3.8, 4) is 0 Å². The number of anilines is 3. The van der Waals surface area contributed by atoms with Crippen LogP contribution in [0.4, 0.5) is 34.6 Å². The third-order valence-electron chi connectivity index (χ3n) is 4.95. The molecule has 0 spiro atoms. The zero-order valence-corrected chi connectivity index (χ0v) is 16.7. The first-order valence-electron chi connectivity index (χ1n) is 9.78. The first-order chi connectivity index (χ1) is 14.2. The van der Waals surface area contributed by atoms with Gasteiger partial charge in [0.05, 0.1) is 11.1 Å². The lowest BCUT2D eigenvalue weighted by Gasteiger charge is -2.27. The van der Waals surface area contributed by atoms with Crippen LogP contribution in [0.2, 0.25) is 0 Å². The van der Waals surface area contributed by atoms with Gasteiger partial charge in [0, 0.05) is 41.9 Å². The molecule has 30 heavy (non-hydrogen) atoms. The van der Waals surface area contributed by atoms with Crippen LogP contribution in [-0.2, 0) is 11.0 Å². The van der Waals surface area contributed by atoms with Gasteiger partial charge in [0.15, 0.2) is 0 Å². The standard InChI is InChI=1S/C22H23F4N3O/c1-3-5-10-29(4-2)20-9-7-15(12-18(20)22(24,25)26)27-13-17-16-11-14(23)6-8-19(16)28-21(17)30/h6-9,11-13,27H,3-5,10H2,1-2H3,(H,28,30). The molecule has 2 aromatic rings. The van der Waals surface area contributed by atoms with Crippen LogP contribution in [0.3, 0.4) is 0 Å². The summed E-state index contributed by atoms with van der Waals surface area (Å²) < 4.78 is 54.7. The fourth-order valence-corrected chi connectivity index (χ4v) is 3.39. The minimum absolute atomic E-state index is 0.127. The first-order valence-corrected chi connectivity index (χ1v) is 9.78. The lowest BCUT2D eigenvalue weighted by molar-refractivity contribution is -0.137. The van der Waals surface area contributed by atoms with E-state index in [2.05, 4.69) is 10.6 Å². The lowest BCUT2D eigenvalue weighted by atomic mass is 10.1. The Morgan fingerprint density at radius 2 is 1.90 bits per heavy atom. The van der Waals surface area contributed by atoms with E-state index in [0.717, 1.165) is 18.9 Å². The number of rotatable bonds is 7. The fraction of sp³-hybridized carbons (Fsp3) is 0.318. The highest BCUT2D eigenvalue weighted by Crippen LogP contribution is 2.39. The predicted octanol–water partition coefficient (Wildman–Crippen LogP) is 5.88. The summed E-state index contributed by atoms with van der Waals surface area (Å²) >= 11 is 0. The molecule has 0 aliphatic carbocycles. The van der Waals surface area contributed by atoms with Crippen molar-refractivity contribution in [1.29, 1.82) is 0 Å². The van der Waals surface area contributed by atoms with Gasteiger partial charge in [0.2, 0.25) is 0 Å². The summed E-state index contributed by atoms with van der Waals surface area (Å²) in [5.41, 5.74) is 0.532. The quantitative estimate of drug-likeness (QED) is 0.434. The van der Waals surface area contributed by atoms with Gasteiger partial charge in [-0.05, 0) is 49.7 Å². The van der Waals surface area contributed by atoms with Crippen molar-refractivity contribution in [2.45, 2.75) is 32.9 Å². The van der Waals surface area contributed by atoms with Gasteiger partial charge >= 0.3 is 6.18 Å². The lowest BCUT2D eigenvalue weighted by Crippen LogP contribution is -2.26. The maximum atomic E-state index is 13.7. The highest BCUT2D eigenvalue weighted by atomic mass is 19.4. The van der Waals surface area contributed by atoms with Crippen LogP contribution in [0.25, 0.3) is 5.57 Å². The zero-order chi connectivity index (χ0) is 21.9. The number of halogens is 4. The Balaban J connectivity index is 1.92. The largest absolute Gasteiger partial charge is 0.418 e. The molecule has 1 aliphatic rings. The summed E-state index contributed by atoms with van der Waals surface area (Å²) in [5.74, 6) is -0.959. The normalized spacial score (nSPS) is 14.6. The molecule has 0 saturated carbocycles. The molecule has 4 nitrogen and oxygen atoms in total. The second kappa shape index (κ2) is 8.77. The molecular formula is C22H23F4N3O. The SMILES string of the molecule is CCCCN(CC)c1ccc(NC=C2C(=O)Nc3ccc(F)cc32)cc1C(F)(F)F. The molecule has 0 bridgehead atoms. The molecule has 0 atom stereocenters. The topological polar surface area (TPSA) is 44.4 Å². The van der Waals surface area contributed by atoms with Crippen molar-refractivity contribution in [2.24, 2.45) is 0 Å². The average Bonchev–Trinajstić information content (AvgIpc) is 3.01. The summed E-state index contributed by atoms with van der Waals surface area (Å²) in [4.78, 5) is 13.9. The van der Waals surface area contributed by atoms with Crippen molar-refractivity contribution in [3.05, 3.63) is 59.5 Å². The van der Waals surface area contributed by atoms with E-state index in [-0.39, 0.29) is 16.9 Å². The zero-order valence-electron chi connectivity index (χ0n) is 16.7. The van der Waals surface area contributed by atoms with Gasteiger partial charge in [-0.25, -0.2) is 4.39 Å². The van der Waals surface area contributed by atoms with E-state index >= 15 is 0 Å². The number of nitrogens with zero attached hydrogens (tertiary/aromatic N) is 1. The van der Waals surface area contributed by atoms with Crippen LogP contribution in [-0.4, -0.2) is 19.0 Å². The smallest absolute Gasteiger partial charge is 0.371 e. The van der Waals surface area contributed by atoms with Crippen LogP contribution in [0, 0.1) is 5.82 Å². The third kappa shape index (κ3) is 4.58. The molecule has 2 aromatic carbocycles. The minimum Gasteiger partial charge on any atom is -0.371 e. The molecule has 160 valence electrons. The summed E-state index contributed by atoms with van der Waals surface area (Å²) in [5, 5.41) is 5.35. The second-order valence-corrected chi connectivity index (χ2v) is 7.01. The van der Waals surface area contributed by atoms with Crippen LogP contribution >= 0.6 is 0 Å². The number of hydrogen-bond donors (Lipinski definition) is 2. The Hall–Kier alpha value is -3.03. The van der Waals surface area contributed by atoms with E-state index in [1.165, 1.54) is 36.5 Å². The van der Waals surface area contributed by atoms with Crippen molar-refractivity contribution < 1.29 is 22.4 Å². The Labute approximate surface area is 172 Å². The number of alkyl halides is 3. The van der Waals surface area contributed by atoms with Crippen LogP contribution in [0.15, 0.2) is 42.6 Å². The fourth-order valence-electron chi connectivity index (χ4n) is 3.39. The number of carbonyl (C=O) groups is 1. The van der Waals surface area contributed by atoms with Crippen LogP contribution in [0.5, 0.6) is 0 Å². The van der Waals surface area contributed by atoms with Crippen molar-refractivity contribution >= 4 is 28.5 Å². The summed E-state index contributed by atoms with van der Waals surface area (Å²) in [6, 6.07) is 7.87. The number of fused-ring (bicyclic) bond motifs is 1. The number of nitrogens with one attached hydrogen (secondary N) is 2. The summed E-state index contributed by atoms with van der Waals surface area (Å²) in [7, 11) is 0. The van der Waals surface area contributed by atoms with Gasteiger partial charge in [-0.15, -0.1) is 0 Å². The van der Waals surface area contributed by atoms with Gasteiger partial charge < -0.3 is 15.5 Å². The highest BCUT2D eigenvalue weighted by molar-refractivity contribution is 6.31. The number of carbonyl (C=O) groups excluding carboxylic acids is 1. The average molecular weight is 421 g/mol. The van der Waals surface area contributed by atoms with Crippen molar-refractivity contribution in [1.82, 2.24) is 0 Å². The van der Waals surface area contributed by atoms with E-state index in [1.54, 1.807) is 4.90 Å². The number of amides is 1. The minimum atomic E-state index is -4.53. The maximum absolute atomic E-state index is 13.7. The Morgan fingerprint density at radius 3 is 2.57 bits per heavy atom. The molecule has 1 amide bonds. The predicted molar refractivity (Wildman–Crippen MR) is 111 cm³/mol. The molecule has 0 aromatic heterocycles. The van der Waals surface area contributed by atoms with Crippen LogP contribution < -0.4 is 15.5 Å². The van der Waals surface area contributed by atoms with Gasteiger partial charge in [-0.3, -0.25) is 4.79 Å². The summed E-state index contributed by atoms with van der Waals surface area (Å²) in [6.45, 7) is 4.81. The van der Waals surface area contributed by atoms with Crippen molar-refractivity contribution in [2.75, 3.05) is 28.6 Å². The van der Waals surface area contributed by atoms with E-state index in [1.807, 2.05) is 13.8 Å². The molecule has 3 rings (SSSR count). The number of benzene rings is 2. The Bertz CT molecular complexity index is 969. The van der Waals surface area contributed by atoms with Crippen LogP contribution in [0.1, 0.15) is 37.8 Å². The second-order valence-electron chi connectivity index (χ2n) is 7.01. The molecule has 0 fully saturated rings. The molecule has 0 radical (unpaired) electrons.